The topological polar surface area (TPSA) is 76.1 Å². The minimum absolute atomic E-state index is 0.0810. The first-order chi connectivity index (χ1) is 10.2. The number of fused-ring (bicyclic) bond motifs is 1. The van der Waals surface area contributed by atoms with E-state index in [1.54, 1.807) is 6.20 Å². The van der Waals surface area contributed by atoms with Gasteiger partial charge in [0.05, 0.1) is 11.4 Å². The summed E-state index contributed by atoms with van der Waals surface area (Å²) in [5.41, 5.74) is 2.76. The predicted octanol–water partition coefficient (Wildman–Crippen LogP) is 1.41. The van der Waals surface area contributed by atoms with Gasteiger partial charge < -0.3 is 15.4 Å². The summed E-state index contributed by atoms with van der Waals surface area (Å²) < 4.78 is 5.33. The third-order valence-electron chi connectivity index (χ3n) is 3.15. The van der Waals surface area contributed by atoms with Crippen molar-refractivity contribution in [2.75, 3.05) is 11.9 Å². The van der Waals surface area contributed by atoms with Gasteiger partial charge in [0.15, 0.2) is 6.61 Å². The molecule has 1 aromatic heterocycles. The number of hydrogen-bond acceptors (Lipinski definition) is 5. The van der Waals surface area contributed by atoms with E-state index in [9.17, 15) is 4.79 Å². The lowest BCUT2D eigenvalue weighted by Gasteiger charge is -2.18. The molecule has 1 aliphatic heterocycles. The van der Waals surface area contributed by atoms with Gasteiger partial charge in [-0.15, -0.1) is 0 Å². The summed E-state index contributed by atoms with van der Waals surface area (Å²) in [5.74, 6) is 1.36. The van der Waals surface area contributed by atoms with Crippen LogP contribution in [0.5, 0.6) is 5.75 Å². The minimum Gasteiger partial charge on any atom is -0.482 e. The van der Waals surface area contributed by atoms with E-state index in [0.717, 1.165) is 22.8 Å². The molecule has 6 nitrogen and oxygen atoms in total. The van der Waals surface area contributed by atoms with E-state index in [-0.39, 0.29) is 12.5 Å². The van der Waals surface area contributed by atoms with Gasteiger partial charge in [-0.25, -0.2) is 9.97 Å². The second-order valence-corrected chi connectivity index (χ2v) is 4.87. The van der Waals surface area contributed by atoms with Gasteiger partial charge in [-0.2, -0.15) is 0 Å². The standard InChI is InChI=1S/C15H16N4O2/c1-10-17-5-4-12(18-10)8-16-7-11-2-3-14-13(6-11)19-15(20)9-21-14/h2-6,16H,7-9H2,1H3,(H,19,20). The monoisotopic (exact) mass is 284 g/mol. The van der Waals surface area contributed by atoms with Gasteiger partial charge in [-0.1, -0.05) is 6.07 Å². The number of anilines is 1. The molecule has 2 N–H and O–H groups in total. The molecule has 0 bridgehead atoms. The molecule has 1 aromatic carbocycles. The van der Waals surface area contributed by atoms with Crippen LogP contribution in [0.25, 0.3) is 0 Å². The molecule has 0 fully saturated rings. The van der Waals surface area contributed by atoms with Crippen molar-refractivity contribution >= 4 is 11.6 Å². The Hall–Kier alpha value is -2.47. The molecule has 3 rings (SSSR count). The van der Waals surface area contributed by atoms with Crippen molar-refractivity contribution in [3.05, 3.63) is 47.5 Å². The maximum Gasteiger partial charge on any atom is 0.262 e. The van der Waals surface area contributed by atoms with Crippen molar-refractivity contribution in [1.82, 2.24) is 15.3 Å². The van der Waals surface area contributed by atoms with Crippen molar-refractivity contribution in [2.24, 2.45) is 0 Å². The predicted molar refractivity (Wildman–Crippen MR) is 77.9 cm³/mol. The normalized spacial score (nSPS) is 13.3. The Morgan fingerprint density at radius 3 is 3.10 bits per heavy atom. The van der Waals surface area contributed by atoms with Gasteiger partial charge in [0.2, 0.25) is 0 Å². The Kier molecular flexibility index (Phi) is 3.79. The van der Waals surface area contributed by atoms with E-state index in [0.29, 0.717) is 18.8 Å². The number of carbonyl (C=O) groups is 1. The number of aromatic nitrogens is 2. The van der Waals surface area contributed by atoms with E-state index in [1.165, 1.54) is 0 Å². The fourth-order valence-corrected chi connectivity index (χ4v) is 2.18. The summed E-state index contributed by atoms with van der Waals surface area (Å²) >= 11 is 0. The number of benzene rings is 1. The summed E-state index contributed by atoms with van der Waals surface area (Å²) in [6, 6.07) is 7.67. The molecule has 2 aromatic rings. The molecule has 0 saturated heterocycles. The van der Waals surface area contributed by atoms with Gasteiger partial charge >= 0.3 is 0 Å². The third-order valence-corrected chi connectivity index (χ3v) is 3.15. The average molecular weight is 284 g/mol. The van der Waals surface area contributed by atoms with Crippen molar-refractivity contribution < 1.29 is 9.53 Å². The Labute approximate surface area is 122 Å². The van der Waals surface area contributed by atoms with E-state index < -0.39 is 0 Å². The van der Waals surface area contributed by atoms with Gasteiger partial charge in [-0.3, -0.25) is 4.79 Å². The van der Waals surface area contributed by atoms with Crippen LogP contribution in [0, 0.1) is 6.92 Å². The highest BCUT2D eigenvalue weighted by Crippen LogP contribution is 2.28. The first-order valence-corrected chi connectivity index (χ1v) is 6.75. The van der Waals surface area contributed by atoms with Crippen LogP contribution in [0.3, 0.4) is 0 Å². The molecule has 0 spiro atoms. The summed E-state index contributed by atoms with van der Waals surface area (Å²) in [4.78, 5) is 19.7. The second kappa shape index (κ2) is 5.88. The van der Waals surface area contributed by atoms with Crippen LogP contribution in [0.15, 0.2) is 30.5 Å². The first kappa shape index (κ1) is 13.5. The van der Waals surface area contributed by atoms with Crippen molar-refractivity contribution in [3.63, 3.8) is 0 Å². The molecule has 0 radical (unpaired) electrons. The molecular weight excluding hydrogens is 268 g/mol. The van der Waals surface area contributed by atoms with Crippen LogP contribution in [-0.2, 0) is 17.9 Å². The summed E-state index contributed by atoms with van der Waals surface area (Å²) in [6.45, 7) is 3.31. The highest BCUT2D eigenvalue weighted by Gasteiger charge is 2.15. The average Bonchev–Trinajstić information content (AvgIpc) is 2.47. The van der Waals surface area contributed by atoms with E-state index in [4.69, 9.17) is 4.74 Å². The second-order valence-electron chi connectivity index (χ2n) is 4.87. The van der Waals surface area contributed by atoms with Crippen LogP contribution in [0.4, 0.5) is 5.69 Å². The fourth-order valence-electron chi connectivity index (χ4n) is 2.18. The molecule has 0 unspecified atom stereocenters. The molecular formula is C15H16N4O2. The number of aryl methyl sites for hydroxylation is 1. The van der Waals surface area contributed by atoms with Crippen LogP contribution in [-0.4, -0.2) is 22.5 Å². The maximum atomic E-state index is 11.3. The van der Waals surface area contributed by atoms with Crippen molar-refractivity contribution in [2.45, 2.75) is 20.0 Å². The summed E-state index contributed by atoms with van der Waals surface area (Å²) in [7, 11) is 0. The van der Waals surface area contributed by atoms with Crippen LogP contribution >= 0.6 is 0 Å². The summed E-state index contributed by atoms with van der Waals surface area (Å²) in [6.07, 6.45) is 1.76. The molecule has 2 heterocycles. The number of carbonyl (C=O) groups excluding carboxylic acids is 1. The molecule has 6 heteroatoms. The lowest BCUT2D eigenvalue weighted by Crippen LogP contribution is -2.25. The van der Waals surface area contributed by atoms with Gasteiger partial charge in [0.25, 0.3) is 5.91 Å². The van der Waals surface area contributed by atoms with Crippen LogP contribution in [0.2, 0.25) is 0 Å². The van der Waals surface area contributed by atoms with Gasteiger partial charge in [-0.05, 0) is 30.7 Å². The third kappa shape index (κ3) is 3.35. The SMILES string of the molecule is Cc1nccc(CNCc2ccc3c(c2)NC(=O)CO3)n1. The number of amides is 1. The smallest absolute Gasteiger partial charge is 0.262 e. The van der Waals surface area contributed by atoms with Crippen LogP contribution in [0.1, 0.15) is 17.1 Å². The highest BCUT2D eigenvalue weighted by molar-refractivity contribution is 5.95. The quantitative estimate of drug-likeness (QED) is 0.887. The van der Waals surface area contributed by atoms with Crippen molar-refractivity contribution in [1.29, 1.82) is 0 Å². The van der Waals surface area contributed by atoms with Crippen molar-refractivity contribution in [3.8, 4) is 5.75 Å². The number of rotatable bonds is 4. The Morgan fingerprint density at radius 1 is 1.33 bits per heavy atom. The highest BCUT2D eigenvalue weighted by atomic mass is 16.5. The number of nitrogens with zero attached hydrogens (tertiary/aromatic N) is 2. The first-order valence-electron chi connectivity index (χ1n) is 6.75. The summed E-state index contributed by atoms with van der Waals surface area (Å²) in [5, 5.41) is 6.12. The van der Waals surface area contributed by atoms with Crippen LogP contribution < -0.4 is 15.4 Å². The Bertz CT molecular complexity index is 672. The lowest BCUT2D eigenvalue weighted by atomic mass is 10.1. The molecule has 1 aliphatic rings. The minimum atomic E-state index is -0.121. The largest absolute Gasteiger partial charge is 0.482 e. The maximum absolute atomic E-state index is 11.3. The zero-order valence-corrected chi connectivity index (χ0v) is 11.7. The molecule has 0 saturated carbocycles. The zero-order chi connectivity index (χ0) is 14.7. The number of hydrogen-bond donors (Lipinski definition) is 2. The van der Waals surface area contributed by atoms with E-state index >= 15 is 0 Å². The fraction of sp³-hybridized carbons (Fsp3) is 0.267. The molecule has 0 aliphatic carbocycles. The Morgan fingerprint density at radius 2 is 2.24 bits per heavy atom. The number of ether oxygens (including phenoxy) is 1. The van der Waals surface area contributed by atoms with Gasteiger partial charge in [0, 0.05) is 19.3 Å². The molecule has 0 atom stereocenters. The molecule has 21 heavy (non-hydrogen) atoms. The molecule has 108 valence electrons. The number of nitrogens with one attached hydrogen (secondary N) is 2. The van der Waals surface area contributed by atoms with E-state index in [2.05, 4.69) is 20.6 Å². The molecule has 1 amide bonds. The lowest BCUT2D eigenvalue weighted by molar-refractivity contribution is -0.118. The zero-order valence-electron chi connectivity index (χ0n) is 11.7. The van der Waals surface area contributed by atoms with E-state index in [1.807, 2.05) is 31.2 Å². The Balaban J connectivity index is 1.61. The van der Waals surface area contributed by atoms with Gasteiger partial charge in [0.1, 0.15) is 11.6 Å².